The molecule has 1 aliphatic heterocycles. The zero-order chi connectivity index (χ0) is 10.0. The Morgan fingerprint density at radius 2 is 2.00 bits per heavy atom. The van der Waals surface area contributed by atoms with Crippen molar-refractivity contribution in [2.45, 2.75) is 46.3 Å². The third-order valence-electron chi connectivity index (χ3n) is 2.37. The highest BCUT2D eigenvalue weighted by Gasteiger charge is 2.35. The molecule has 0 aromatic rings. The fraction of sp³-hybridized carbons (Fsp3) is 0.900. The summed E-state index contributed by atoms with van der Waals surface area (Å²) in [6, 6.07) is 0.190. The van der Waals surface area contributed by atoms with Gasteiger partial charge in [0.15, 0.2) is 0 Å². The molecule has 3 heteroatoms. The number of hydrogen-bond acceptors (Lipinski definition) is 2. The topological polar surface area (TPSA) is 38.3 Å². The molecular weight excluding hydrogens is 166 g/mol. The Morgan fingerprint density at radius 1 is 1.38 bits per heavy atom. The third kappa shape index (κ3) is 2.61. The average Bonchev–Trinajstić information content (AvgIpc) is 2.29. The van der Waals surface area contributed by atoms with Gasteiger partial charge in [-0.1, -0.05) is 27.7 Å². The van der Waals surface area contributed by atoms with E-state index in [-0.39, 0.29) is 18.2 Å². The Kier molecular flexibility index (Phi) is 3.17. The van der Waals surface area contributed by atoms with E-state index in [0.717, 1.165) is 6.42 Å². The second-order valence-corrected chi connectivity index (χ2v) is 4.49. The second-order valence-electron chi connectivity index (χ2n) is 4.49. The van der Waals surface area contributed by atoms with Gasteiger partial charge in [-0.05, 0) is 18.3 Å². The minimum atomic E-state index is -0.260. The highest BCUT2D eigenvalue weighted by molar-refractivity contribution is 5.70. The van der Waals surface area contributed by atoms with Crippen molar-refractivity contribution in [3.05, 3.63) is 0 Å². The van der Waals surface area contributed by atoms with Crippen LogP contribution in [0.2, 0.25) is 0 Å². The van der Waals surface area contributed by atoms with E-state index in [1.54, 1.807) is 0 Å². The number of ether oxygens (including phenoxy) is 1. The molecule has 0 radical (unpaired) electrons. The van der Waals surface area contributed by atoms with Crippen LogP contribution in [0.4, 0.5) is 4.79 Å². The van der Waals surface area contributed by atoms with Gasteiger partial charge < -0.3 is 10.1 Å². The summed E-state index contributed by atoms with van der Waals surface area (Å²) in [5.41, 5.74) is 0. The Hall–Kier alpha value is -0.730. The molecule has 0 spiro atoms. The van der Waals surface area contributed by atoms with E-state index in [0.29, 0.717) is 11.8 Å². The maximum absolute atomic E-state index is 11.0. The first kappa shape index (κ1) is 10.4. The lowest BCUT2D eigenvalue weighted by atomic mass is 9.93. The summed E-state index contributed by atoms with van der Waals surface area (Å²) in [5.74, 6) is 1.01. The summed E-state index contributed by atoms with van der Waals surface area (Å²) in [6.07, 6.45) is 0.749. The van der Waals surface area contributed by atoms with Crippen molar-refractivity contribution in [3.63, 3.8) is 0 Å². The number of amides is 1. The van der Waals surface area contributed by atoms with E-state index in [1.807, 2.05) is 0 Å². The van der Waals surface area contributed by atoms with Gasteiger partial charge in [0.2, 0.25) is 0 Å². The van der Waals surface area contributed by atoms with Crippen LogP contribution in [-0.4, -0.2) is 18.2 Å². The molecule has 1 saturated heterocycles. The molecule has 2 atom stereocenters. The van der Waals surface area contributed by atoms with Gasteiger partial charge in [-0.2, -0.15) is 0 Å². The van der Waals surface area contributed by atoms with Gasteiger partial charge in [0, 0.05) is 0 Å². The lowest BCUT2D eigenvalue weighted by molar-refractivity contribution is 0.110. The summed E-state index contributed by atoms with van der Waals surface area (Å²) in [7, 11) is 0. The van der Waals surface area contributed by atoms with Crippen LogP contribution < -0.4 is 5.32 Å². The van der Waals surface area contributed by atoms with Gasteiger partial charge in [0.1, 0.15) is 6.10 Å². The highest BCUT2D eigenvalue weighted by Crippen LogP contribution is 2.21. The van der Waals surface area contributed by atoms with Crippen LogP contribution in [0, 0.1) is 11.8 Å². The average molecular weight is 185 g/mol. The van der Waals surface area contributed by atoms with Crippen LogP contribution in [0.1, 0.15) is 34.1 Å². The molecule has 0 saturated carbocycles. The molecular formula is C10H19NO2. The molecule has 0 aliphatic carbocycles. The van der Waals surface area contributed by atoms with Gasteiger partial charge in [-0.3, -0.25) is 0 Å². The fourth-order valence-corrected chi connectivity index (χ4v) is 1.73. The second kappa shape index (κ2) is 3.99. The summed E-state index contributed by atoms with van der Waals surface area (Å²) < 4.78 is 5.20. The first-order valence-electron chi connectivity index (χ1n) is 4.98. The van der Waals surface area contributed by atoms with E-state index < -0.39 is 0 Å². The van der Waals surface area contributed by atoms with Crippen LogP contribution in [-0.2, 0) is 4.74 Å². The smallest absolute Gasteiger partial charge is 0.407 e. The number of carbonyl (C=O) groups excluding carboxylic acids is 1. The summed E-state index contributed by atoms with van der Waals surface area (Å²) in [5, 5.41) is 2.85. The van der Waals surface area contributed by atoms with E-state index in [1.165, 1.54) is 0 Å². The van der Waals surface area contributed by atoms with Crippen LogP contribution >= 0.6 is 0 Å². The molecule has 1 N–H and O–H groups in total. The summed E-state index contributed by atoms with van der Waals surface area (Å²) in [4.78, 5) is 11.0. The Balaban J connectivity index is 2.55. The fourth-order valence-electron chi connectivity index (χ4n) is 1.73. The van der Waals surface area contributed by atoms with Crippen LogP contribution in [0.25, 0.3) is 0 Å². The first-order valence-corrected chi connectivity index (χ1v) is 4.98. The van der Waals surface area contributed by atoms with Crippen molar-refractivity contribution >= 4 is 6.09 Å². The predicted molar refractivity (Wildman–Crippen MR) is 51.5 cm³/mol. The van der Waals surface area contributed by atoms with Gasteiger partial charge >= 0.3 is 6.09 Å². The maximum Gasteiger partial charge on any atom is 0.407 e. The minimum Gasteiger partial charge on any atom is -0.444 e. The van der Waals surface area contributed by atoms with Crippen molar-refractivity contribution in [1.82, 2.24) is 5.32 Å². The number of carbonyl (C=O) groups is 1. The van der Waals surface area contributed by atoms with E-state index in [4.69, 9.17) is 4.74 Å². The third-order valence-corrected chi connectivity index (χ3v) is 2.37. The van der Waals surface area contributed by atoms with E-state index in [2.05, 4.69) is 33.0 Å². The quantitative estimate of drug-likeness (QED) is 0.731. The van der Waals surface area contributed by atoms with Crippen molar-refractivity contribution in [1.29, 1.82) is 0 Å². The molecule has 0 unspecified atom stereocenters. The Bertz CT molecular complexity index is 189. The number of cyclic esters (lactones) is 1. The molecule has 1 heterocycles. The standard InChI is InChI=1S/C10H19NO2/c1-6(2)5-8-9(7(3)4)11-10(12)13-8/h6-9H,5H2,1-4H3,(H,11,12)/t8-,9-/m1/s1. The molecule has 1 aliphatic rings. The number of hydrogen-bond donors (Lipinski definition) is 1. The lowest BCUT2D eigenvalue weighted by Crippen LogP contribution is -2.36. The predicted octanol–water partition coefficient (Wildman–Crippen LogP) is 2.17. The molecule has 76 valence electrons. The zero-order valence-electron chi connectivity index (χ0n) is 8.83. The SMILES string of the molecule is CC(C)C[C@H]1OC(=O)N[C@@H]1C(C)C. The molecule has 0 aromatic heterocycles. The van der Waals surface area contributed by atoms with Gasteiger partial charge in [-0.25, -0.2) is 4.79 Å². The van der Waals surface area contributed by atoms with Gasteiger partial charge in [0.25, 0.3) is 0 Å². The van der Waals surface area contributed by atoms with Crippen LogP contribution in [0.3, 0.4) is 0 Å². The molecule has 0 aromatic carbocycles. The number of alkyl carbamates (subject to hydrolysis) is 1. The lowest BCUT2D eigenvalue weighted by Gasteiger charge is -2.21. The van der Waals surface area contributed by atoms with E-state index in [9.17, 15) is 4.79 Å². The van der Waals surface area contributed by atoms with Gasteiger partial charge in [0.05, 0.1) is 6.04 Å². The van der Waals surface area contributed by atoms with Crippen molar-refractivity contribution < 1.29 is 9.53 Å². The Labute approximate surface area is 79.8 Å². The van der Waals surface area contributed by atoms with Crippen LogP contribution in [0.15, 0.2) is 0 Å². The maximum atomic E-state index is 11.0. The number of rotatable bonds is 3. The number of nitrogens with one attached hydrogen (secondary N) is 1. The molecule has 3 nitrogen and oxygen atoms in total. The van der Waals surface area contributed by atoms with Crippen molar-refractivity contribution in [2.24, 2.45) is 11.8 Å². The molecule has 1 amide bonds. The zero-order valence-corrected chi connectivity index (χ0v) is 8.83. The van der Waals surface area contributed by atoms with Crippen molar-refractivity contribution in [2.75, 3.05) is 0 Å². The van der Waals surface area contributed by atoms with E-state index >= 15 is 0 Å². The normalized spacial score (nSPS) is 28.0. The largest absolute Gasteiger partial charge is 0.444 e. The monoisotopic (exact) mass is 185 g/mol. The van der Waals surface area contributed by atoms with Crippen LogP contribution in [0.5, 0.6) is 0 Å². The summed E-state index contributed by atoms with van der Waals surface area (Å²) >= 11 is 0. The first-order chi connectivity index (χ1) is 6.00. The molecule has 1 rings (SSSR count). The molecule has 1 fully saturated rings. The van der Waals surface area contributed by atoms with Gasteiger partial charge in [-0.15, -0.1) is 0 Å². The minimum absolute atomic E-state index is 0.0625. The molecule has 0 bridgehead atoms. The van der Waals surface area contributed by atoms with Crippen molar-refractivity contribution in [3.8, 4) is 0 Å². The molecule has 13 heavy (non-hydrogen) atoms. The summed E-state index contributed by atoms with van der Waals surface area (Å²) in [6.45, 7) is 8.49. The highest BCUT2D eigenvalue weighted by atomic mass is 16.6. The Morgan fingerprint density at radius 3 is 2.46 bits per heavy atom.